The van der Waals surface area contributed by atoms with E-state index < -0.39 is 0 Å². The molecule has 0 heterocycles. The summed E-state index contributed by atoms with van der Waals surface area (Å²) < 4.78 is 4.79. The largest absolute Gasteiger partial charge is 0.466 e. The maximum absolute atomic E-state index is 11.6. The van der Waals surface area contributed by atoms with Gasteiger partial charge in [-0.2, -0.15) is 11.8 Å². The molecule has 104 valence electrons. The van der Waals surface area contributed by atoms with Gasteiger partial charge in [-0.15, -0.1) is 0 Å². The number of nitrogens with one attached hydrogen (secondary N) is 1. The Morgan fingerprint density at radius 1 is 1.28 bits per heavy atom. The summed E-state index contributed by atoms with van der Waals surface area (Å²) in [5, 5.41) is 3.69. The fourth-order valence-corrected chi connectivity index (χ4v) is 3.35. The van der Waals surface area contributed by atoms with Crippen LogP contribution in [0.4, 0.5) is 0 Å². The fraction of sp³-hybridized carbons (Fsp3) is 0.846. The zero-order chi connectivity index (χ0) is 13.4. The van der Waals surface area contributed by atoms with E-state index in [1.54, 1.807) is 6.92 Å². The van der Waals surface area contributed by atoms with Crippen molar-refractivity contribution in [2.75, 3.05) is 12.4 Å². The standard InChI is InChI=1S/C13H23NO3S/c1-3-17-13(16)8-7-12(15)14-10-5-6-11(9-10)18-4-2/h10-11H,3-9H2,1-2H3,(H,14,15). The maximum atomic E-state index is 11.6. The Labute approximate surface area is 113 Å². The molecule has 1 amide bonds. The SMILES string of the molecule is CCOC(=O)CCC(=O)NC1CCC(SCC)C1. The lowest BCUT2D eigenvalue weighted by Crippen LogP contribution is -2.33. The summed E-state index contributed by atoms with van der Waals surface area (Å²) in [7, 11) is 0. The zero-order valence-electron chi connectivity index (χ0n) is 11.2. The summed E-state index contributed by atoms with van der Waals surface area (Å²) in [4.78, 5) is 22.8. The van der Waals surface area contributed by atoms with E-state index in [1.807, 2.05) is 11.8 Å². The average Bonchev–Trinajstić information content (AvgIpc) is 2.75. The minimum Gasteiger partial charge on any atom is -0.466 e. The van der Waals surface area contributed by atoms with Crippen LogP contribution in [-0.2, 0) is 14.3 Å². The van der Waals surface area contributed by atoms with Crippen molar-refractivity contribution in [3.05, 3.63) is 0 Å². The zero-order valence-corrected chi connectivity index (χ0v) is 12.1. The third-order valence-electron chi connectivity index (χ3n) is 3.01. The minimum absolute atomic E-state index is 0.0322. The highest BCUT2D eigenvalue weighted by molar-refractivity contribution is 7.99. The second-order valence-electron chi connectivity index (χ2n) is 4.46. The van der Waals surface area contributed by atoms with Crippen LogP contribution in [0.25, 0.3) is 0 Å². The molecule has 0 bridgehead atoms. The Morgan fingerprint density at radius 2 is 2.06 bits per heavy atom. The summed E-state index contributed by atoms with van der Waals surface area (Å²) in [6.45, 7) is 4.30. The van der Waals surface area contributed by atoms with Crippen LogP contribution in [0.15, 0.2) is 0 Å². The molecule has 0 radical (unpaired) electrons. The van der Waals surface area contributed by atoms with Crippen LogP contribution < -0.4 is 5.32 Å². The molecule has 0 aromatic heterocycles. The Bertz CT molecular complexity index is 283. The number of ether oxygens (including phenoxy) is 1. The monoisotopic (exact) mass is 273 g/mol. The van der Waals surface area contributed by atoms with Crippen LogP contribution >= 0.6 is 11.8 Å². The fourth-order valence-electron chi connectivity index (χ4n) is 2.21. The first kappa shape index (κ1) is 15.3. The lowest BCUT2D eigenvalue weighted by atomic mass is 10.2. The maximum Gasteiger partial charge on any atom is 0.306 e. The van der Waals surface area contributed by atoms with Gasteiger partial charge in [-0.25, -0.2) is 0 Å². The first-order valence-electron chi connectivity index (χ1n) is 6.72. The first-order chi connectivity index (χ1) is 8.65. The molecule has 1 saturated carbocycles. The van der Waals surface area contributed by atoms with Gasteiger partial charge in [0.25, 0.3) is 0 Å². The van der Waals surface area contributed by atoms with Crippen molar-refractivity contribution >= 4 is 23.6 Å². The molecule has 18 heavy (non-hydrogen) atoms. The van der Waals surface area contributed by atoms with E-state index >= 15 is 0 Å². The predicted molar refractivity (Wildman–Crippen MR) is 73.6 cm³/mol. The van der Waals surface area contributed by atoms with Gasteiger partial charge in [-0.05, 0) is 31.9 Å². The van der Waals surface area contributed by atoms with Crippen LogP contribution in [-0.4, -0.2) is 35.5 Å². The van der Waals surface area contributed by atoms with E-state index in [0.717, 1.165) is 18.6 Å². The van der Waals surface area contributed by atoms with Crippen LogP contribution in [0.5, 0.6) is 0 Å². The van der Waals surface area contributed by atoms with E-state index in [9.17, 15) is 9.59 Å². The van der Waals surface area contributed by atoms with Gasteiger partial charge < -0.3 is 10.1 Å². The van der Waals surface area contributed by atoms with Gasteiger partial charge in [-0.1, -0.05) is 6.92 Å². The van der Waals surface area contributed by atoms with Crippen molar-refractivity contribution < 1.29 is 14.3 Å². The summed E-state index contributed by atoms with van der Waals surface area (Å²) in [6, 6.07) is 0.295. The summed E-state index contributed by atoms with van der Waals surface area (Å²) in [5.74, 6) is 0.808. The number of amides is 1. The molecule has 1 rings (SSSR count). The normalized spacial score (nSPS) is 22.8. The summed E-state index contributed by atoms with van der Waals surface area (Å²) in [6.07, 6.45) is 3.72. The van der Waals surface area contributed by atoms with E-state index in [4.69, 9.17) is 4.74 Å². The number of rotatable bonds is 7. The average molecular weight is 273 g/mol. The van der Waals surface area contributed by atoms with Gasteiger partial charge in [0.1, 0.15) is 0 Å². The molecule has 2 unspecified atom stereocenters. The van der Waals surface area contributed by atoms with Crippen molar-refractivity contribution in [3.63, 3.8) is 0 Å². The van der Waals surface area contributed by atoms with Crippen LogP contribution in [0.2, 0.25) is 0 Å². The molecular formula is C13H23NO3S. The molecule has 4 nitrogen and oxygen atoms in total. The van der Waals surface area contributed by atoms with E-state index in [0.29, 0.717) is 17.9 Å². The molecule has 0 aromatic rings. The van der Waals surface area contributed by atoms with Gasteiger partial charge in [0, 0.05) is 17.7 Å². The minimum atomic E-state index is -0.293. The van der Waals surface area contributed by atoms with Crippen LogP contribution in [0.1, 0.15) is 46.0 Å². The van der Waals surface area contributed by atoms with Crippen molar-refractivity contribution in [2.45, 2.75) is 57.2 Å². The van der Waals surface area contributed by atoms with Gasteiger partial charge >= 0.3 is 5.97 Å². The van der Waals surface area contributed by atoms with Gasteiger partial charge in [-0.3, -0.25) is 9.59 Å². The van der Waals surface area contributed by atoms with Gasteiger partial charge in [0.05, 0.1) is 13.0 Å². The molecule has 1 fully saturated rings. The van der Waals surface area contributed by atoms with Gasteiger partial charge in [0.2, 0.25) is 5.91 Å². The Balaban J connectivity index is 2.15. The lowest BCUT2D eigenvalue weighted by Gasteiger charge is -2.12. The molecule has 1 aliphatic rings. The quantitative estimate of drug-likeness (QED) is 0.722. The number of carbonyl (C=O) groups is 2. The molecule has 5 heteroatoms. The van der Waals surface area contributed by atoms with Crippen molar-refractivity contribution in [3.8, 4) is 0 Å². The smallest absolute Gasteiger partial charge is 0.306 e. The third kappa shape index (κ3) is 5.76. The number of hydrogen-bond acceptors (Lipinski definition) is 4. The number of thioether (sulfide) groups is 1. The molecule has 0 saturated heterocycles. The Kier molecular flexibility index (Phi) is 7.16. The van der Waals surface area contributed by atoms with Crippen LogP contribution in [0, 0.1) is 0 Å². The predicted octanol–water partition coefficient (Wildman–Crippen LogP) is 2.12. The van der Waals surface area contributed by atoms with E-state index in [1.165, 1.54) is 6.42 Å². The molecule has 1 N–H and O–H groups in total. The Morgan fingerprint density at radius 3 is 2.72 bits per heavy atom. The van der Waals surface area contributed by atoms with Crippen molar-refractivity contribution in [2.24, 2.45) is 0 Å². The van der Waals surface area contributed by atoms with E-state index in [-0.39, 0.29) is 24.7 Å². The van der Waals surface area contributed by atoms with E-state index in [2.05, 4.69) is 12.2 Å². The van der Waals surface area contributed by atoms with Gasteiger partial charge in [0.15, 0.2) is 0 Å². The summed E-state index contributed by atoms with van der Waals surface area (Å²) in [5.41, 5.74) is 0. The molecule has 0 aromatic carbocycles. The highest BCUT2D eigenvalue weighted by atomic mass is 32.2. The number of esters is 1. The molecular weight excluding hydrogens is 250 g/mol. The molecule has 1 aliphatic carbocycles. The number of carbonyl (C=O) groups excluding carboxylic acids is 2. The van der Waals surface area contributed by atoms with Crippen molar-refractivity contribution in [1.82, 2.24) is 5.32 Å². The van der Waals surface area contributed by atoms with Crippen LogP contribution in [0.3, 0.4) is 0 Å². The second-order valence-corrected chi connectivity index (χ2v) is 6.04. The number of hydrogen-bond donors (Lipinski definition) is 1. The first-order valence-corrected chi connectivity index (χ1v) is 7.77. The van der Waals surface area contributed by atoms with Crippen molar-refractivity contribution in [1.29, 1.82) is 0 Å². The highest BCUT2D eigenvalue weighted by Gasteiger charge is 2.25. The second kappa shape index (κ2) is 8.40. The third-order valence-corrected chi connectivity index (χ3v) is 4.25. The molecule has 2 atom stereocenters. The molecule has 0 spiro atoms. The highest BCUT2D eigenvalue weighted by Crippen LogP contribution is 2.29. The lowest BCUT2D eigenvalue weighted by molar-refractivity contribution is -0.144. The molecule has 0 aliphatic heterocycles. The Hall–Kier alpha value is -0.710. The summed E-state index contributed by atoms with van der Waals surface area (Å²) >= 11 is 1.97. The topological polar surface area (TPSA) is 55.4 Å².